The zero-order chi connectivity index (χ0) is 17.8. The maximum atomic E-state index is 12.1. The molecule has 4 N–H and O–H groups in total. The van der Waals surface area contributed by atoms with Crippen molar-refractivity contribution in [2.24, 2.45) is 11.7 Å². The lowest BCUT2D eigenvalue weighted by molar-refractivity contribution is -0.117. The molecule has 2 amide bonds. The van der Waals surface area contributed by atoms with Gasteiger partial charge in [0.2, 0.25) is 5.91 Å². The minimum atomic E-state index is -0.286. The van der Waals surface area contributed by atoms with Gasteiger partial charge in [-0.25, -0.2) is 0 Å². The largest absolute Gasteiger partial charge is 0.361 e. The number of hydrogen-bond donors (Lipinski definition) is 3. The molecule has 26 heavy (non-hydrogen) atoms. The van der Waals surface area contributed by atoms with Crippen molar-refractivity contribution in [3.05, 3.63) is 41.8 Å². The van der Waals surface area contributed by atoms with Gasteiger partial charge in [0.25, 0.3) is 5.91 Å². The predicted molar refractivity (Wildman–Crippen MR) is 101 cm³/mol. The summed E-state index contributed by atoms with van der Waals surface area (Å²) in [6.45, 7) is 1.68. The molecule has 1 aromatic heterocycles. The monoisotopic (exact) mass is 378 g/mol. The Hall–Kier alpha value is -2.38. The third-order valence-electron chi connectivity index (χ3n) is 4.59. The minimum absolute atomic E-state index is 0. The van der Waals surface area contributed by atoms with Crippen LogP contribution >= 0.6 is 12.4 Å². The van der Waals surface area contributed by atoms with Crippen molar-refractivity contribution in [3.63, 3.8) is 0 Å². The molecule has 2 aromatic rings. The molecule has 1 fully saturated rings. The third-order valence-corrected chi connectivity index (χ3v) is 4.59. The number of nitrogens with two attached hydrogens (primary N) is 1. The molecular formula is C18H23ClN4O3. The summed E-state index contributed by atoms with van der Waals surface area (Å²) in [5.41, 5.74) is 7.72. The van der Waals surface area contributed by atoms with Crippen molar-refractivity contribution < 1.29 is 14.1 Å². The van der Waals surface area contributed by atoms with E-state index >= 15 is 0 Å². The van der Waals surface area contributed by atoms with Crippen LogP contribution in [0.5, 0.6) is 0 Å². The number of nitrogens with zero attached hydrogens (tertiary/aromatic N) is 1. The van der Waals surface area contributed by atoms with Crippen LogP contribution in [0.25, 0.3) is 0 Å². The first-order valence-electron chi connectivity index (χ1n) is 8.41. The molecule has 0 radical (unpaired) electrons. The van der Waals surface area contributed by atoms with Gasteiger partial charge in [0.05, 0.1) is 6.20 Å². The van der Waals surface area contributed by atoms with E-state index in [9.17, 15) is 9.59 Å². The van der Waals surface area contributed by atoms with Gasteiger partial charge in [-0.3, -0.25) is 9.59 Å². The first-order chi connectivity index (χ1) is 12.0. The van der Waals surface area contributed by atoms with Crippen LogP contribution in [0, 0.1) is 12.8 Å². The lowest BCUT2D eigenvalue weighted by atomic mass is 10.00. The van der Waals surface area contributed by atoms with E-state index in [-0.39, 0.29) is 36.2 Å². The van der Waals surface area contributed by atoms with Crippen molar-refractivity contribution in [1.82, 2.24) is 5.16 Å². The second-order valence-corrected chi connectivity index (χ2v) is 6.43. The smallest absolute Gasteiger partial charge is 0.260 e. The Morgan fingerprint density at radius 1 is 1.19 bits per heavy atom. The van der Waals surface area contributed by atoms with Crippen LogP contribution in [0.4, 0.5) is 11.4 Å². The van der Waals surface area contributed by atoms with Crippen molar-refractivity contribution in [2.75, 3.05) is 10.6 Å². The van der Waals surface area contributed by atoms with Crippen LogP contribution in [0.15, 0.2) is 35.0 Å². The second-order valence-electron chi connectivity index (χ2n) is 6.43. The molecule has 2 atom stereocenters. The molecule has 0 aliphatic heterocycles. The fourth-order valence-corrected chi connectivity index (χ4v) is 3.12. The van der Waals surface area contributed by atoms with Crippen LogP contribution in [0.1, 0.15) is 41.8 Å². The Morgan fingerprint density at radius 3 is 2.38 bits per heavy atom. The summed E-state index contributed by atoms with van der Waals surface area (Å²) < 4.78 is 4.88. The minimum Gasteiger partial charge on any atom is -0.361 e. The fourth-order valence-electron chi connectivity index (χ4n) is 3.12. The molecule has 7 nitrogen and oxygen atoms in total. The Kier molecular flexibility index (Phi) is 6.76. The number of nitrogens with one attached hydrogen (secondary N) is 2. The molecule has 1 heterocycles. The molecule has 0 unspecified atom stereocenters. The van der Waals surface area contributed by atoms with E-state index < -0.39 is 0 Å². The van der Waals surface area contributed by atoms with Crippen molar-refractivity contribution in [3.8, 4) is 0 Å². The quantitative estimate of drug-likeness (QED) is 0.740. The van der Waals surface area contributed by atoms with Gasteiger partial charge < -0.3 is 20.9 Å². The van der Waals surface area contributed by atoms with Crippen molar-refractivity contribution in [2.45, 2.75) is 38.6 Å². The van der Waals surface area contributed by atoms with Gasteiger partial charge in [-0.2, -0.15) is 0 Å². The summed E-state index contributed by atoms with van der Waals surface area (Å²) in [5, 5.41) is 9.22. The van der Waals surface area contributed by atoms with Gasteiger partial charge in [0.1, 0.15) is 11.3 Å². The summed E-state index contributed by atoms with van der Waals surface area (Å²) in [7, 11) is 0. The van der Waals surface area contributed by atoms with Gasteiger partial charge in [-0.15, -0.1) is 12.4 Å². The highest BCUT2D eigenvalue weighted by atomic mass is 35.5. The molecule has 0 bridgehead atoms. The molecule has 0 spiro atoms. The molecule has 3 rings (SSSR count). The van der Waals surface area contributed by atoms with Gasteiger partial charge in [-0.1, -0.05) is 11.6 Å². The van der Waals surface area contributed by atoms with E-state index in [4.69, 9.17) is 10.3 Å². The molecule has 0 saturated heterocycles. The number of hydrogen-bond acceptors (Lipinski definition) is 5. The van der Waals surface area contributed by atoms with E-state index in [1.807, 2.05) is 0 Å². The lowest BCUT2D eigenvalue weighted by Crippen LogP contribution is -2.28. The normalized spacial score (nSPS) is 18.8. The number of rotatable bonds is 5. The molecular weight excluding hydrogens is 356 g/mol. The van der Waals surface area contributed by atoms with Crippen molar-refractivity contribution >= 4 is 35.6 Å². The Balaban J connectivity index is 0.00000243. The first-order valence-corrected chi connectivity index (χ1v) is 8.41. The maximum absolute atomic E-state index is 12.1. The van der Waals surface area contributed by atoms with Crippen molar-refractivity contribution in [1.29, 1.82) is 0 Å². The van der Waals surface area contributed by atoms with Gasteiger partial charge in [-0.05, 0) is 49.9 Å². The highest BCUT2D eigenvalue weighted by molar-refractivity contribution is 6.04. The SMILES string of the molecule is Cc1oncc1C(=O)Nc1ccc(NC(=O)C[C@@H]2CCC[C@H]2N)cc1.Cl. The zero-order valence-corrected chi connectivity index (χ0v) is 15.3. The first kappa shape index (κ1) is 19.9. The standard InChI is InChI=1S/C18H22N4O3.ClH/c1-11-15(10-20-25-11)18(24)22-14-7-5-13(6-8-14)21-17(23)9-12-3-2-4-16(12)19;/h5-8,10,12,16H,2-4,9,19H2,1H3,(H,21,23)(H,22,24);1H/t12-,16+;/m0./s1. The molecule has 8 heteroatoms. The van der Waals surface area contributed by atoms with Crippen LogP contribution in [0.2, 0.25) is 0 Å². The van der Waals surface area contributed by atoms with E-state index in [1.165, 1.54) is 6.20 Å². The Bertz CT molecular complexity index is 760. The highest BCUT2D eigenvalue weighted by Gasteiger charge is 2.26. The summed E-state index contributed by atoms with van der Waals surface area (Å²) >= 11 is 0. The van der Waals surface area contributed by atoms with Gasteiger partial charge >= 0.3 is 0 Å². The van der Waals surface area contributed by atoms with E-state index in [2.05, 4.69) is 15.8 Å². The summed E-state index contributed by atoms with van der Waals surface area (Å²) in [6, 6.07) is 7.10. The zero-order valence-electron chi connectivity index (χ0n) is 14.5. The number of carbonyl (C=O) groups is 2. The molecule has 1 aromatic carbocycles. The third kappa shape index (κ3) is 4.83. The van der Waals surface area contributed by atoms with E-state index in [0.29, 0.717) is 29.1 Å². The number of anilines is 2. The van der Waals surface area contributed by atoms with Crippen LogP contribution in [0.3, 0.4) is 0 Å². The molecule has 1 saturated carbocycles. The topological polar surface area (TPSA) is 110 Å². The number of aromatic nitrogens is 1. The summed E-state index contributed by atoms with van der Waals surface area (Å²) in [6.07, 6.45) is 4.94. The summed E-state index contributed by atoms with van der Waals surface area (Å²) in [5.74, 6) is 0.418. The predicted octanol–water partition coefficient (Wildman–Crippen LogP) is 3.11. The number of aryl methyl sites for hydroxylation is 1. The van der Waals surface area contributed by atoms with Gasteiger partial charge in [0, 0.05) is 23.8 Å². The van der Waals surface area contributed by atoms with Gasteiger partial charge in [0.15, 0.2) is 0 Å². The second kappa shape index (κ2) is 8.82. The number of benzene rings is 1. The average molecular weight is 379 g/mol. The molecule has 1 aliphatic carbocycles. The Morgan fingerprint density at radius 2 is 1.85 bits per heavy atom. The molecule has 1 aliphatic rings. The fraction of sp³-hybridized carbons (Fsp3) is 0.389. The lowest BCUT2D eigenvalue weighted by Gasteiger charge is -2.15. The van der Waals surface area contributed by atoms with E-state index in [1.54, 1.807) is 31.2 Å². The average Bonchev–Trinajstić information content (AvgIpc) is 3.18. The van der Waals surface area contributed by atoms with Crippen LogP contribution in [-0.2, 0) is 4.79 Å². The summed E-state index contributed by atoms with van der Waals surface area (Å²) in [4.78, 5) is 24.2. The number of carbonyl (C=O) groups excluding carboxylic acids is 2. The molecule has 140 valence electrons. The maximum Gasteiger partial charge on any atom is 0.260 e. The number of amides is 2. The van der Waals surface area contributed by atoms with E-state index in [0.717, 1.165) is 19.3 Å². The van der Waals surface area contributed by atoms with Crippen LogP contribution < -0.4 is 16.4 Å². The number of halogens is 1. The Labute approximate surface area is 158 Å². The highest BCUT2D eigenvalue weighted by Crippen LogP contribution is 2.27. The van der Waals surface area contributed by atoms with Crippen LogP contribution in [-0.4, -0.2) is 23.0 Å².